The molecule has 0 amide bonds. The van der Waals surface area contributed by atoms with Crippen LogP contribution in [0.15, 0.2) is 24.4 Å². The van der Waals surface area contributed by atoms with Gasteiger partial charge in [-0.3, -0.25) is 9.20 Å². The number of nitrogens with zero attached hydrogens (tertiary/aromatic N) is 2. The van der Waals surface area contributed by atoms with E-state index in [0.717, 1.165) is 25.7 Å². The van der Waals surface area contributed by atoms with E-state index in [4.69, 9.17) is 9.47 Å². The lowest BCUT2D eigenvalue weighted by Crippen LogP contribution is -2.17. The van der Waals surface area contributed by atoms with Crippen molar-refractivity contribution < 1.29 is 14.3 Å². The highest BCUT2D eigenvalue weighted by molar-refractivity contribution is 5.78. The molecule has 0 N–H and O–H groups in total. The summed E-state index contributed by atoms with van der Waals surface area (Å²) in [7, 11) is 0. The van der Waals surface area contributed by atoms with Crippen molar-refractivity contribution in [1.29, 1.82) is 0 Å². The maximum Gasteiger partial charge on any atom is 0.243 e. The van der Waals surface area contributed by atoms with Gasteiger partial charge in [0.1, 0.15) is 17.9 Å². The molecule has 1 unspecified atom stereocenters. The summed E-state index contributed by atoms with van der Waals surface area (Å²) in [5.41, 5.74) is 1.16. The van der Waals surface area contributed by atoms with E-state index in [9.17, 15) is 4.79 Å². The average Bonchev–Trinajstić information content (AvgIpc) is 3.03. The van der Waals surface area contributed by atoms with Gasteiger partial charge < -0.3 is 9.47 Å². The molecule has 0 spiro atoms. The van der Waals surface area contributed by atoms with Crippen LogP contribution in [-0.4, -0.2) is 35.0 Å². The van der Waals surface area contributed by atoms with Crippen molar-refractivity contribution in [3.8, 4) is 5.88 Å². The average molecular weight is 246 g/mol. The SMILES string of the molecule is O=Cc1c(OCC2CCCO2)nc2ccccn12. The number of hydrogen-bond donors (Lipinski definition) is 0. The van der Waals surface area contributed by atoms with Gasteiger partial charge in [-0.2, -0.15) is 4.98 Å². The second-order valence-electron chi connectivity index (χ2n) is 4.29. The fourth-order valence-corrected chi connectivity index (χ4v) is 2.15. The van der Waals surface area contributed by atoms with E-state index < -0.39 is 0 Å². The number of pyridine rings is 1. The van der Waals surface area contributed by atoms with Crippen LogP contribution in [-0.2, 0) is 4.74 Å². The summed E-state index contributed by atoms with van der Waals surface area (Å²) in [6.07, 6.45) is 4.76. The van der Waals surface area contributed by atoms with E-state index in [1.54, 1.807) is 10.6 Å². The molecule has 2 aromatic rings. The smallest absolute Gasteiger partial charge is 0.243 e. The molecule has 18 heavy (non-hydrogen) atoms. The Morgan fingerprint density at radius 3 is 3.28 bits per heavy atom. The van der Waals surface area contributed by atoms with Gasteiger partial charge in [0.2, 0.25) is 5.88 Å². The second-order valence-corrected chi connectivity index (χ2v) is 4.29. The molecule has 3 rings (SSSR count). The lowest BCUT2D eigenvalue weighted by Gasteiger charge is -2.09. The summed E-state index contributed by atoms with van der Waals surface area (Å²) in [5, 5.41) is 0. The van der Waals surface area contributed by atoms with Crippen LogP contribution >= 0.6 is 0 Å². The van der Waals surface area contributed by atoms with Crippen molar-refractivity contribution in [2.45, 2.75) is 18.9 Å². The molecule has 5 heteroatoms. The van der Waals surface area contributed by atoms with Gasteiger partial charge in [-0.1, -0.05) is 6.07 Å². The molecule has 0 aromatic carbocycles. The molecular formula is C13H14N2O3. The predicted molar refractivity (Wildman–Crippen MR) is 65.0 cm³/mol. The van der Waals surface area contributed by atoms with E-state index in [1.165, 1.54) is 0 Å². The van der Waals surface area contributed by atoms with Crippen LogP contribution in [0.2, 0.25) is 0 Å². The standard InChI is InChI=1S/C13H14N2O3/c16-8-11-13(18-9-10-4-3-7-17-10)14-12-5-1-2-6-15(11)12/h1-2,5-6,8,10H,3-4,7,9H2. The van der Waals surface area contributed by atoms with E-state index >= 15 is 0 Å². The van der Waals surface area contributed by atoms with E-state index in [0.29, 0.717) is 23.8 Å². The van der Waals surface area contributed by atoms with Crippen LogP contribution < -0.4 is 4.74 Å². The number of imidazole rings is 1. The van der Waals surface area contributed by atoms with E-state index in [1.807, 2.05) is 18.2 Å². The Hall–Kier alpha value is -1.88. The zero-order valence-corrected chi connectivity index (χ0v) is 9.91. The topological polar surface area (TPSA) is 52.8 Å². The van der Waals surface area contributed by atoms with Crippen LogP contribution in [0, 0.1) is 0 Å². The normalized spacial score (nSPS) is 19.2. The van der Waals surface area contributed by atoms with Gasteiger partial charge >= 0.3 is 0 Å². The fourth-order valence-electron chi connectivity index (χ4n) is 2.15. The molecule has 0 saturated carbocycles. The number of carbonyl (C=O) groups excluding carboxylic acids is 1. The minimum atomic E-state index is 0.120. The number of aldehydes is 1. The Morgan fingerprint density at radius 1 is 1.56 bits per heavy atom. The summed E-state index contributed by atoms with van der Waals surface area (Å²) in [4.78, 5) is 15.4. The third-order valence-electron chi connectivity index (χ3n) is 3.07. The molecule has 0 aliphatic carbocycles. The highest BCUT2D eigenvalue weighted by atomic mass is 16.5. The molecule has 3 heterocycles. The van der Waals surface area contributed by atoms with Crippen molar-refractivity contribution in [1.82, 2.24) is 9.38 Å². The molecule has 0 radical (unpaired) electrons. The van der Waals surface area contributed by atoms with Crippen LogP contribution in [0.1, 0.15) is 23.3 Å². The summed E-state index contributed by atoms with van der Waals surface area (Å²) in [6.45, 7) is 1.24. The summed E-state index contributed by atoms with van der Waals surface area (Å²) in [5.74, 6) is 0.381. The van der Waals surface area contributed by atoms with Gasteiger partial charge in [0.15, 0.2) is 6.29 Å². The molecule has 94 valence electrons. The van der Waals surface area contributed by atoms with Crippen molar-refractivity contribution in [3.05, 3.63) is 30.1 Å². The first-order valence-electron chi connectivity index (χ1n) is 6.05. The zero-order valence-electron chi connectivity index (χ0n) is 9.91. The fraction of sp³-hybridized carbons (Fsp3) is 0.385. The molecule has 1 fully saturated rings. The Morgan fingerprint density at radius 2 is 2.50 bits per heavy atom. The summed E-state index contributed by atoms with van der Waals surface area (Å²) < 4.78 is 12.8. The van der Waals surface area contributed by atoms with Gasteiger partial charge in [-0.05, 0) is 25.0 Å². The monoisotopic (exact) mass is 246 g/mol. The molecule has 1 atom stereocenters. The van der Waals surface area contributed by atoms with Crippen molar-refractivity contribution in [3.63, 3.8) is 0 Å². The second kappa shape index (κ2) is 4.78. The number of fused-ring (bicyclic) bond motifs is 1. The first kappa shape index (κ1) is 11.2. The largest absolute Gasteiger partial charge is 0.473 e. The van der Waals surface area contributed by atoms with E-state index in [-0.39, 0.29) is 6.10 Å². The Kier molecular flexibility index (Phi) is 2.98. The van der Waals surface area contributed by atoms with Gasteiger partial charge in [-0.15, -0.1) is 0 Å². The minimum Gasteiger partial charge on any atom is -0.473 e. The quantitative estimate of drug-likeness (QED) is 0.770. The maximum atomic E-state index is 11.1. The lowest BCUT2D eigenvalue weighted by molar-refractivity contribution is 0.0660. The molecular weight excluding hydrogens is 232 g/mol. The highest BCUT2D eigenvalue weighted by Gasteiger charge is 2.18. The van der Waals surface area contributed by atoms with Crippen molar-refractivity contribution in [2.75, 3.05) is 13.2 Å². The number of aromatic nitrogens is 2. The third kappa shape index (κ3) is 1.97. The first-order chi connectivity index (χ1) is 8.88. The van der Waals surface area contributed by atoms with Gasteiger partial charge in [0, 0.05) is 12.8 Å². The molecule has 0 bridgehead atoms. The van der Waals surface area contributed by atoms with Crippen LogP contribution in [0.3, 0.4) is 0 Å². The number of ether oxygens (including phenoxy) is 2. The first-order valence-corrected chi connectivity index (χ1v) is 6.05. The zero-order chi connectivity index (χ0) is 12.4. The molecule has 1 aliphatic heterocycles. The molecule has 5 nitrogen and oxygen atoms in total. The van der Waals surface area contributed by atoms with Crippen molar-refractivity contribution in [2.24, 2.45) is 0 Å². The third-order valence-corrected chi connectivity index (χ3v) is 3.07. The van der Waals surface area contributed by atoms with E-state index in [2.05, 4.69) is 4.98 Å². The highest BCUT2D eigenvalue weighted by Crippen LogP contribution is 2.20. The Labute approximate surface area is 104 Å². The van der Waals surface area contributed by atoms with Crippen molar-refractivity contribution >= 4 is 11.9 Å². The van der Waals surface area contributed by atoms with Crippen LogP contribution in [0.4, 0.5) is 0 Å². The van der Waals surface area contributed by atoms with Crippen LogP contribution in [0.25, 0.3) is 5.65 Å². The Bertz CT molecular complexity index is 558. The Balaban J connectivity index is 1.84. The number of hydrogen-bond acceptors (Lipinski definition) is 4. The number of rotatable bonds is 4. The summed E-state index contributed by atoms with van der Waals surface area (Å²) >= 11 is 0. The number of carbonyl (C=O) groups is 1. The van der Waals surface area contributed by atoms with Gasteiger partial charge in [0.25, 0.3) is 0 Å². The molecule has 2 aromatic heterocycles. The molecule has 1 aliphatic rings. The van der Waals surface area contributed by atoms with Crippen LogP contribution in [0.5, 0.6) is 5.88 Å². The van der Waals surface area contributed by atoms with Gasteiger partial charge in [-0.25, -0.2) is 0 Å². The van der Waals surface area contributed by atoms with Gasteiger partial charge in [0.05, 0.1) is 6.10 Å². The minimum absolute atomic E-state index is 0.120. The molecule has 1 saturated heterocycles. The predicted octanol–water partition coefficient (Wildman–Crippen LogP) is 1.70. The lowest BCUT2D eigenvalue weighted by atomic mass is 10.2. The summed E-state index contributed by atoms with van der Waals surface area (Å²) in [6, 6.07) is 5.57. The maximum absolute atomic E-state index is 11.1.